The summed E-state index contributed by atoms with van der Waals surface area (Å²) in [6.45, 7) is 1.16. The smallest absolute Gasteiger partial charge is 0.341 e. The minimum absolute atomic E-state index is 0.0225. The van der Waals surface area contributed by atoms with Gasteiger partial charge >= 0.3 is 5.97 Å². The molecule has 0 saturated heterocycles. The number of aromatic nitrogens is 1. The highest BCUT2D eigenvalue weighted by Gasteiger charge is 2.19. The van der Waals surface area contributed by atoms with Crippen molar-refractivity contribution in [1.29, 1.82) is 0 Å². The maximum Gasteiger partial charge on any atom is 0.341 e. The molecule has 0 unspecified atom stereocenters. The zero-order valence-corrected chi connectivity index (χ0v) is 14.3. The van der Waals surface area contributed by atoms with E-state index in [0.29, 0.717) is 18.7 Å². The first-order valence-corrected chi connectivity index (χ1v) is 8.42. The fourth-order valence-electron chi connectivity index (χ4n) is 2.76. The Labute approximate surface area is 144 Å². The molecule has 6 heteroatoms. The zero-order valence-electron chi connectivity index (χ0n) is 13.5. The summed E-state index contributed by atoms with van der Waals surface area (Å²) in [4.78, 5) is 18.3. The van der Waals surface area contributed by atoms with E-state index in [1.54, 1.807) is 22.9 Å². The third-order valence-electron chi connectivity index (χ3n) is 3.88. The van der Waals surface area contributed by atoms with Gasteiger partial charge in [0.1, 0.15) is 11.3 Å². The standard InChI is InChI=1S/C18H18N2O3S/c1-20(8-13-10-24-11-19-13)9-16-14-6-4-3-5-12(14)7-15(17(16)21)18(22)23-2/h3-7,10-11,21H,8-9H2,1-2H3. The maximum atomic E-state index is 12.0. The summed E-state index contributed by atoms with van der Waals surface area (Å²) in [7, 11) is 3.27. The number of phenols is 1. The van der Waals surface area contributed by atoms with Crippen molar-refractivity contribution >= 4 is 28.1 Å². The van der Waals surface area contributed by atoms with Gasteiger partial charge in [-0.25, -0.2) is 9.78 Å². The van der Waals surface area contributed by atoms with Crippen LogP contribution in [-0.4, -0.2) is 35.1 Å². The van der Waals surface area contributed by atoms with Gasteiger partial charge in [0.25, 0.3) is 0 Å². The van der Waals surface area contributed by atoms with Crippen LogP contribution in [0.4, 0.5) is 0 Å². The summed E-state index contributed by atoms with van der Waals surface area (Å²) in [5.74, 6) is -0.563. The number of ether oxygens (including phenoxy) is 1. The van der Waals surface area contributed by atoms with Crippen molar-refractivity contribution < 1.29 is 14.6 Å². The number of methoxy groups -OCH3 is 1. The van der Waals surface area contributed by atoms with Crippen molar-refractivity contribution in [2.24, 2.45) is 0 Å². The molecule has 124 valence electrons. The topological polar surface area (TPSA) is 62.7 Å². The summed E-state index contributed by atoms with van der Waals surface area (Å²) < 4.78 is 4.79. The first-order chi connectivity index (χ1) is 11.6. The largest absolute Gasteiger partial charge is 0.507 e. The van der Waals surface area contributed by atoms with Crippen LogP contribution in [0.5, 0.6) is 5.75 Å². The van der Waals surface area contributed by atoms with Gasteiger partial charge in [0.05, 0.1) is 18.3 Å². The summed E-state index contributed by atoms with van der Waals surface area (Å²) >= 11 is 1.55. The van der Waals surface area contributed by atoms with E-state index in [1.165, 1.54) is 7.11 Å². The molecule has 0 aliphatic heterocycles. The Bertz CT molecular complexity index is 862. The zero-order chi connectivity index (χ0) is 17.1. The molecule has 5 nitrogen and oxygen atoms in total. The number of fused-ring (bicyclic) bond motifs is 1. The van der Waals surface area contributed by atoms with Crippen molar-refractivity contribution in [3.8, 4) is 5.75 Å². The lowest BCUT2D eigenvalue weighted by Crippen LogP contribution is -2.18. The predicted molar refractivity (Wildman–Crippen MR) is 94.2 cm³/mol. The molecule has 0 atom stereocenters. The van der Waals surface area contributed by atoms with Crippen LogP contribution in [0.3, 0.4) is 0 Å². The van der Waals surface area contributed by atoms with Crippen LogP contribution in [0.25, 0.3) is 10.8 Å². The minimum atomic E-state index is -0.540. The van der Waals surface area contributed by atoms with Gasteiger partial charge in [-0.2, -0.15) is 0 Å². The van der Waals surface area contributed by atoms with Gasteiger partial charge in [-0.3, -0.25) is 4.90 Å². The van der Waals surface area contributed by atoms with E-state index in [-0.39, 0.29) is 11.3 Å². The Morgan fingerprint density at radius 3 is 2.83 bits per heavy atom. The Morgan fingerprint density at radius 2 is 2.12 bits per heavy atom. The third kappa shape index (κ3) is 3.25. The maximum absolute atomic E-state index is 12.0. The second-order valence-corrected chi connectivity index (χ2v) is 6.33. The molecule has 0 spiro atoms. The number of hydrogen-bond donors (Lipinski definition) is 1. The number of thiazole rings is 1. The van der Waals surface area contributed by atoms with Crippen molar-refractivity contribution in [3.05, 3.63) is 58.0 Å². The second kappa shape index (κ2) is 6.98. The van der Waals surface area contributed by atoms with Crippen molar-refractivity contribution in [1.82, 2.24) is 9.88 Å². The Balaban J connectivity index is 2.01. The lowest BCUT2D eigenvalue weighted by atomic mass is 9.98. The summed E-state index contributed by atoms with van der Waals surface area (Å²) in [6.07, 6.45) is 0. The molecule has 0 amide bonds. The lowest BCUT2D eigenvalue weighted by Gasteiger charge is -2.19. The van der Waals surface area contributed by atoms with Gasteiger partial charge in [-0.1, -0.05) is 24.3 Å². The third-order valence-corrected chi connectivity index (χ3v) is 4.51. The van der Waals surface area contributed by atoms with Crippen LogP contribution in [0.2, 0.25) is 0 Å². The van der Waals surface area contributed by atoms with Gasteiger partial charge in [0.15, 0.2) is 0 Å². The van der Waals surface area contributed by atoms with E-state index in [1.807, 2.05) is 36.7 Å². The molecule has 24 heavy (non-hydrogen) atoms. The Morgan fingerprint density at radius 1 is 1.33 bits per heavy atom. The van der Waals surface area contributed by atoms with E-state index in [4.69, 9.17) is 4.74 Å². The number of phenolic OH excluding ortho intramolecular Hbond substituents is 1. The molecule has 1 N–H and O–H groups in total. The molecule has 0 radical (unpaired) electrons. The SMILES string of the molecule is COC(=O)c1cc2ccccc2c(CN(C)Cc2cscn2)c1O. The lowest BCUT2D eigenvalue weighted by molar-refractivity contribution is 0.0597. The van der Waals surface area contributed by atoms with E-state index < -0.39 is 5.97 Å². The molecule has 0 bridgehead atoms. The van der Waals surface area contributed by atoms with Gasteiger partial charge < -0.3 is 9.84 Å². The number of carbonyl (C=O) groups excluding carboxylic acids is 1. The quantitative estimate of drug-likeness (QED) is 0.720. The fourth-order valence-corrected chi connectivity index (χ4v) is 3.30. The molecule has 0 aliphatic carbocycles. The summed E-state index contributed by atoms with van der Waals surface area (Å²) in [5, 5.41) is 14.4. The van der Waals surface area contributed by atoms with Crippen LogP contribution in [0.15, 0.2) is 41.2 Å². The number of aromatic hydroxyl groups is 1. The normalized spacial score (nSPS) is 11.1. The van der Waals surface area contributed by atoms with Gasteiger partial charge in [-0.05, 0) is 23.9 Å². The van der Waals surface area contributed by atoms with Crippen molar-refractivity contribution in [3.63, 3.8) is 0 Å². The molecular weight excluding hydrogens is 324 g/mol. The van der Waals surface area contributed by atoms with Crippen LogP contribution in [-0.2, 0) is 17.8 Å². The number of rotatable bonds is 5. The molecule has 2 aromatic carbocycles. The molecule has 1 heterocycles. The first-order valence-electron chi connectivity index (χ1n) is 7.47. The highest BCUT2D eigenvalue weighted by Crippen LogP contribution is 2.33. The van der Waals surface area contributed by atoms with Gasteiger partial charge in [0.2, 0.25) is 0 Å². The molecule has 0 aliphatic rings. The number of hydrogen-bond acceptors (Lipinski definition) is 6. The summed E-state index contributed by atoms with van der Waals surface area (Å²) in [6, 6.07) is 9.36. The Hall–Kier alpha value is -2.44. The number of carbonyl (C=O) groups is 1. The number of benzene rings is 2. The minimum Gasteiger partial charge on any atom is -0.507 e. The molecule has 1 aromatic heterocycles. The van der Waals surface area contributed by atoms with E-state index >= 15 is 0 Å². The van der Waals surface area contributed by atoms with Crippen molar-refractivity contribution in [2.45, 2.75) is 13.1 Å². The highest BCUT2D eigenvalue weighted by molar-refractivity contribution is 7.07. The monoisotopic (exact) mass is 342 g/mol. The van der Waals surface area contributed by atoms with Gasteiger partial charge in [-0.15, -0.1) is 11.3 Å². The average Bonchev–Trinajstić information content (AvgIpc) is 3.09. The molecule has 3 rings (SSSR count). The molecule has 0 fully saturated rings. The Kier molecular flexibility index (Phi) is 4.78. The van der Waals surface area contributed by atoms with Crippen LogP contribution in [0.1, 0.15) is 21.6 Å². The number of nitrogens with zero attached hydrogens (tertiary/aromatic N) is 2. The van der Waals surface area contributed by atoms with Crippen LogP contribution >= 0.6 is 11.3 Å². The fraction of sp³-hybridized carbons (Fsp3) is 0.222. The highest BCUT2D eigenvalue weighted by atomic mass is 32.1. The summed E-state index contributed by atoms with van der Waals surface area (Å²) in [5.41, 5.74) is 3.68. The molecular formula is C18H18N2O3S. The van der Waals surface area contributed by atoms with Crippen LogP contribution in [0, 0.1) is 0 Å². The average molecular weight is 342 g/mol. The van der Waals surface area contributed by atoms with E-state index in [0.717, 1.165) is 16.5 Å². The van der Waals surface area contributed by atoms with E-state index in [2.05, 4.69) is 9.88 Å². The first kappa shape index (κ1) is 16.4. The molecule has 3 aromatic rings. The predicted octanol–water partition coefficient (Wildman–Crippen LogP) is 3.42. The van der Waals surface area contributed by atoms with Crippen LogP contribution < -0.4 is 0 Å². The number of esters is 1. The molecule has 0 saturated carbocycles. The second-order valence-electron chi connectivity index (χ2n) is 5.62. The van der Waals surface area contributed by atoms with Crippen molar-refractivity contribution in [2.75, 3.05) is 14.2 Å². The van der Waals surface area contributed by atoms with E-state index in [9.17, 15) is 9.90 Å². The van der Waals surface area contributed by atoms with Gasteiger partial charge in [0, 0.05) is 24.0 Å².